The van der Waals surface area contributed by atoms with E-state index in [9.17, 15) is 24.8 Å². The van der Waals surface area contributed by atoms with Crippen LogP contribution in [0.25, 0.3) is 6.08 Å². The van der Waals surface area contributed by atoms with Crippen molar-refractivity contribution in [1.82, 2.24) is 5.32 Å². The van der Waals surface area contributed by atoms with Crippen LogP contribution in [0.5, 0.6) is 0 Å². The molecule has 0 atom stereocenters. The predicted molar refractivity (Wildman–Crippen MR) is 82.6 cm³/mol. The molecule has 0 bridgehead atoms. The molecule has 0 heterocycles. The predicted octanol–water partition coefficient (Wildman–Crippen LogP) is 2.45. The van der Waals surface area contributed by atoms with Gasteiger partial charge in [0.15, 0.2) is 0 Å². The van der Waals surface area contributed by atoms with Gasteiger partial charge in [-0.15, -0.1) is 0 Å². The van der Waals surface area contributed by atoms with Gasteiger partial charge in [0.1, 0.15) is 5.70 Å². The second-order valence-corrected chi connectivity index (χ2v) is 4.54. The Balaban J connectivity index is 2.28. The molecule has 1 amide bonds. The lowest BCUT2D eigenvalue weighted by Crippen LogP contribution is -2.27. The standard InChI is InChI=1S/C16H12N2O5/c19-15(12-6-2-1-3-7-12)17-14(16(20)21)10-11-5-4-8-13(9-11)18(22)23/h1-10H,(H,17,19)(H,20,21). The largest absolute Gasteiger partial charge is 0.477 e. The Morgan fingerprint density at radius 3 is 2.39 bits per heavy atom. The van der Waals surface area contributed by atoms with Crippen LogP contribution in [0.2, 0.25) is 0 Å². The molecule has 7 nitrogen and oxygen atoms in total. The lowest BCUT2D eigenvalue weighted by atomic mass is 10.1. The Morgan fingerprint density at radius 2 is 1.78 bits per heavy atom. The number of aliphatic carboxylic acids is 1. The van der Waals surface area contributed by atoms with E-state index in [4.69, 9.17) is 0 Å². The summed E-state index contributed by atoms with van der Waals surface area (Å²) >= 11 is 0. The Hall–Kier alpha value is -3.48. The van der Waals surface area contributed by atoms with Crippen LogP contribution in [0.3, 0.4) is 0 Å². The number of nitro benzene ring substituents is 1. The number of hydrogen-bond acceptors (Lipinski definition) is 4. The van der Waals surface area contributed by atoms with Crippen molar-refractivity contribution in [3.05, 3.63) is 81.5 Å². The van der Waals surface area contributed by atoms with Crippen molar-refractivity contribution in [2.24, 2.45) is 0 Å². The summed E-state index contributed by atoms with van der Waals surface area (Å²) in [6, 6.07) is 13.6. The summed E-state index contributed by atoms with van der Waals surface area (Å²) in [6.07, 6.45) is 1.16. The molecule has 0 unspecified atom stereocenters. The first-order chi connectivity index (χ1) is 11.0. The first-order valence-electron chi connectivity index (χ1n) is 6.53. The zero-order valence-corrected chi connectivity index (χ0v) is 11.8. The van der Waals surface area contributed by atoms with Gasteiger partial charge in [-0.1, -0.05) is 30.3 Å². The van der Waals surface area contributed by atoms with Gasteiger partial charge in [0, 0.05) is 17.7 Å². The van der Waals surface area contributed by atoms with Crippen LogP contribution >= 0.6 is 0 Å². The molecular weight excluding hydrogens is 300 g/mol. The van der Waals surface area contributed by atoms with Gasteiger partial charge in [0.05, 0.1) is 4.92 Å². The van der Waals surface area contributed by atoms with Crippen LogP contribution in [-0.2, 0) is 4.79 Å². The SMILES string of the molecule is O=C(O)C(=Cc1cccc([N+](=O)[O-])c1)NC(=O)c1ccccc1. The molecule has 0 spiro atoms. The number of carbonyl (C=O) groups is 2. The van der Waals surface area contributed by atoms with Gasteiger partial charge < -0.3 is 10.4 Å². The van der Waals surface area contributed by atoms with Crippen molar-refractivity contribution < 1.29 is 19.6 Å². The zero-order valence-electron chi connectivity index (χ0n) is 11.8. The second-order valence-electron chi connectivity index (χ2n) is 4.54. The molecule has 7 heteroatoms. The van der Waals surface area contributed by atoms with E-state index in [1.165, 1.54) is 24.3 Å². The summed E-state index contributed by atoms with van der Waals surface area (Å²) < 4.78 is 0. The van der Waals surface area contributed by atoms with Gasteiger partial charge >= 0.3 is 5.97 Å². The zero-order chi connectivity index (χ0) is 16.8. The van der Waals surface area contributed by atoms with E-state index in [-0.39, 0.29) is 11.4 Å². The Bertz CT molecular complexity index is 784. The topological polar surface area (TPSA) is 110 Å². The number of carboxylic acid groups (broad SMARTS) is 1. The number of carboxylic acids is 1. The molecule has 23 heavy (non-hydrogen) atoms. The van der Waals surface area contributed by atoms with Crippen LogP contribution < -0.4 is 5.32 Å². The minimum Gasteiger partial charge on any atom is -0.477 e. The van der Waals surface area contributed by atoms with Crippen molar-refractivity contribution >= 4 is 23.6 Å². The number of nitrogens with one attached hydrogen (secondary N) is 1. The van der Waals surface area contributed by atoms with E-state index >= 15 is 0 Å². The van der Waals surface area contributed by atoms with Gasteiger partial charge in [-0.25, -0.2) is 4.79 Å². The van der Waals surface area contributed by atoms with Gasteiger partial charge in [0.25, 0.3) is 11.6 Å². The maximum Gasteiger partial charge on any atom is 0.352 e. The van der Waals surface area contributed by atoms with Crippen LogP contribution in [0.15, 0.2) is 60.3 Å². The van der Waals surface area contributed by atoms with Gasteiger partial charge in [-0.3, -0.25) is 14.9 Å². The molecule has 0 aromatic heterocycles. The van der Waals surface area contributed by atoms with Crippen molar-refractivity contribution in [2.45, 2.75) is 0 Å². The number of nitrogens with zero attached hydrogens (tertiary/aromatic N) is 1. The van der Waals surface area contributed by atoms with Gasteiger partial charge in [-0.2, -0.15) is 0 Å². The van der Waals surface area contributed by atoms with E-state index in [1.807, 2.05) is 0 Å². The minimum absolute atomic E-state index is 0.169. The molecule has 0 saturated carbocycles. The lowest BCUT2D eigenvalue weighted by Gasteiger charge is -2.06. The molecule has 0 saturated heterocycles. The fourth-order valence-electron chi connectivity index (χ4n) is 1.83. The fraction of sp³-hybridized carbons (Fsp3) is 0. The molecule has 0 aliphatic carbocycles. The molecular formula is C16H12N2O5. The highest BCUT2D eigenvalue weighted by Crippen LogP contribution is 2.15. The van der Waals surface area contributed by atoms with E-state index in [2.05, 4.69) is 5.32 Å². The van der Waals surface area contributed by atoms with Crippen LogP contribution in [-0.4, -0.2) is 21.9 Å². The Kier molecular flexibility index (Phi) is 4.83. The van der Waals surface area contributed by atoms with E-state index < -0.39 is 16.8 Å². The van der Waals surface area contributed by atoms with E-state index in [0.717, 1.165) is 6.08 Å². The van der Waals surface area contributed by atoms with E-state index in [0.29, 0.717) is 11.1 Å². The van der Waals surface area contributed by atoms with Crippen molar-refractivity contribution in [2.75, 3.05) is 0 Å². The number of hydrogen-bond donors (Lipinski definition) is 2. The highest BCUT2D eigenvalue weighted by Gasteiger charge is 2.14. The molecule has 0 radical (unpaired) electrons. The molecule has 2 aromatic carbocycles. The molecule has 2 rings (SSSR count). The van der Waals surface area contributed by atoms with Gasteiger partial charge in [-0.05, 0) is 23.8 Å². The third kappa shape index (κ3) is 4.24. The van der Waals surface area contributed by atoms with E-state index in [1.54, 1.807) is 30.3 Å². The Labute approximate surface area is 131 Å². The van der Waals surface area contributed by atoms with Crippen molar-refractivity contribution in [3.8, 4) is 0 Å². The van der Waals surface area contributed by atoms with Crippen molar-refractivity contribution in [3.63, 3.8) is 0 Å². The lowest BCUT2D eigenvalue weighted by molar-refractivity contribution is -0.384. The number of carbonyl (C=O) groups excluding carboxylic acids is 1. The van der Waals surface area contributed by atoms with Crippen LogP contribution in [0.4, 0.5) is 5.69 Å². The summed E-state index contributed by atoms with van der Waals surface area (Å²) in [6.45, 7) is 0. The molecule has 2 aromatic rings. The summed E-state index contributed by atoms with van der Waals surface area (Å²) in [5.74, 6) is -1.93. The highest BCUT2D eigenvalue weighted by atomic mass is 16.6. The summed E-state index contributed by atoms with van der Waals surface area (Å²) in [7, 11) is 0. The summed E-state index contributed by atoms with van der Waals surface area (Å²) in [4.78, 5) is 33.4. The number of rotatable bonds is 5. The minimum atomic E-state index is -1.35. The monoisotopic (exact) mass is 312 g/mol. The number of amides is 1. The van der Waals surface area contributed by atoms with Crippen molar-refractivity contribution in [1.29, 1.82) is 0 Å². The molecule has 0 aliphatic rings. The van der Waals surface area contributed by atoms with Crippen LogP contribution in [0, 0.1) is 10.1 Å². The molecule has 0 fully saturated rings. The highest BCUT2D eigenvalue weighted by molar-refractivity contribution is 6.02. The third-order valence-electron chi connectivity index (χ3n) is 2.91. The maximum atomic E-state index is 12.0. The first-order valence-corrected chi connectivity index (χ1v) is 6.53. The summed E-state index contributed by atoms with van der Waals surface area (Å²) in [5, 5.41) is 22.2. The smallest absolute Gasteiger partial charge is 0.352 e. The third-order valence-corrected chi connectivity index (χ3v) is 2.91. The Morgan fingerprint density at radius 1 is 1.09 bits per heavy atom. The average molecular weight is 312 g/mol. The molecule has 2 N–H and O–H groups in total. The number of benzene rings is 2. The number of non-ortho nitro benzene ring substituents is 1. The fourth-order valence-corrected chi connectivity index (χ4v) is 1.83. The average Bonchev–Trinajstić information content (AvgIpc) is 2.55. The normalized spacial score (nSPS) is 10.9. The summed E-state index contributed by atoms with van der Waals surface area (Å²) in [5.41, 5.74) is 0.0564. The number of nitro groups is 1. The molecule has 116 valence electrons. The van der Waals surface area contributed by atoms with Crippen LogP contribution in [0.1, 0.15) is 15.9 Å². The molecule has 0 aliphatic heterocycles. The first kappa shape index (κ1) is 15.9. The quantitative estimate of drug-likeness (QED) is 0.500. The van der Waals surface area contributed by atoms with Gasteiger partial charge in [0.2, 0.25) is 0 Å². The second kappa shape index (κ2) is 6.99. The maximum absolute atomic E-state index is 12.0.